The van der Waals surface area contributed by atoms with Gasteiger partial charge in [-0.05, 0) is 17.7 Å². The van der Waals surface area contributed by atoms with E-state index in [1.54, 1.807) is 12.1 Å². The standard InChI is InChI=1S/C11H11NO2/c12-7-9-1-3-10(4-2-9)11-8-13-5-6-14-11/h1-4,11H,5-6,8H2/t11-/m0/s1. The van der Waals surface area contributed by atoms with Gasteiger partial charge in [0.25, 0.3) is 0 Å². The zero-order valence-corrected chi connectivity index (χ0v) is 7.77. The minimum Gasteiger partial charge on any atom is -0.376 e. The molecule has 1 fully saturated rings. The van der Waals surface area contributed by atoms with Crippen molar-refractivity contribution in [2.45, 2.75) is 6.10 Å². The van der Waals surface area contributed by atoms with E-state index in [9.17, 15) is 0 Å². The van der Waals surface area contributed by atoms with Crippen LogP contribution in [0.25, 0.3) is 0 Å². The minimum atomic E-state index is 0.0245. The van der Waals surface area contributed by atoms with Crippen LogP contribution in [-0.4, -0.2) is 19.8 Å². The van der Waals surface area contributed by atoms with Crippen LogP contribution in [0.3, 0.4) is 0 Å². The topological polar surface area (TPSA) is 42.2 Å². The molecule has 1 saturated heterocycles. The summed E-state index contributed by atoms with van der Waals surface area (Å²) in [5, 5.41) is 8.63. The molecule has 14 heavy (non-hydrogen) atoms. The van der Waals surface area contributed by atoms with Gasteiger partial charge in [-0.15, -0.1) is 0 Å². The van der Waals surface area contributed by atoms with Gasteiger partial charge in [-0.25, -0.2) is 0 Å². The van der Waals surface area contributed by atoms with E-state index < -0.39 is 0 Å². The first-order valence-electron chi connectivity index (χ1n) is 4.59. The lowest BCUT2D eigenvalue weighted by Gasteiger charge is -2.23. The Bertz CT molecular complexity index is 333. The zero-order chi connectivity index (χ0) is 9.80. The Balaban J connectivity index is 2.12. The van der Waals surface area contributed by atoms with E-state index in [0.29, 0.717) is 25.4 Å². The normalized spacial score (nSPS) is 21.5. The number of nitrogens with zero attached hydrogens (tertiary/aromatic N) is 1. The van der Waals surface area contributed by atoms with Gasteiger partial charge in [-0.3, -0.25) is 0 Å². The number of rotatable bonds is 1. The lowest BCUT2D eigenvalue weighted by Crippen LogP contribution is -2.21. The fourth-order valence-corrected chi connectivity index (χ4v) is 1.45. The molecule has 1 heterocycles. The first-order valence-corrected chi connectivity index (χ1v) is 4.59. The van der Waals surface area contributed by atoms with E-state index in [0.717, 1.165) is 5.56 Å². The van der Waals surface area contributed by atoms with E-state index in [2.05, 4.69) is 6.07 Å². The summed E-state index contributed by atoms with van der Waals surface area (Å²) >= 11 is 0. The highest BCUT2D eigenvalue weighted by atomic mass is 16.6. The summed E-state index contributed by atoms with van der Waals surface area (Å²) in [6, 6.07) is 9.51. The van der Waals surface area contributed by atoms with E-state index in [-0.39, 0.29) is 6.10 Å². The van der Waals surface area contributed by atoms with Gasteiger partial charge in [-0.2, -0.15) is 5.26 Å². The lowest BCUT2D eigenvalue weighted by atomic mass is 10.1. The summed E-state index contributed by atoms with van der Waals surface area (Å²) in [6.07, 6.45) is 0.0245. The molecule has 72 valence electrons. The molecule has 1 aliphatic rings. The van der Waals surface area contributed by atoms with Crippen LogP contribution >= 0.6 is 0 Å². The molecule has 3 nitrogen and oxygen atoms in total. The van der Waals surface area contributed by atoms with E-state index in [1.165, 1.54) is 0 Å². The second-order valence-corrected chi connectivity index (χ2v) is 3.17. The Morgan fingerprint density at radius 2 is 2.00 bits per heavy atom. The van der Waals surface area contributed by atoms with Crippen LogP contribution in [0.5, 0.6) is 0 Å². The molecule has 0 aromatic heterocycles. The second kappa shape index (κ2) is 4.23. The molecule has 0 bridgehead atoms. The Morgan fingerprint density at radius 3 is 2.57 bits per heavy atom. The average molecular weight is 189 g/mol. The van der Waals surface area contributed by atoms with Crippen LogP contribution in [0.1, 0.15) is 17.2 Å². The quantitative estimate of drug-likeness (QED) is 0.674. The van der Waals surface area contributed by atoms with Crippen molar-refractivity contribution in [2.75, 3.05) is 19.8 Å². The van der Waals surface area contributed by atoms with Crippen LogP contribution in [0.2, 0.25) is 0 Å². The average Bonchev–Trinajstić information content (AvgIpc) is 2.30. The molecule has 0 spiro atoms. The summed E-state index contributed by atoms with van der Waals surface area (Å²) in [5.41, 5.74) is 1.74. The number of hydrogen-bond donors (Lipinski definition) is 0. The van der Waals surface area contributed by atoms with Gasteiger partial charge in [0.2, 0.25) is 0 Å². The minimum absolute atomic E-state index is 0.0245. The van der Waals surface area contributed by atoms with Gasteiger partial charge in [0.05, 0.1) is 31.5 Å². The lowest BCUT2D eigenvalue weighted by molar-refractivity contribution is -0.0901. The molecule has 1 atom stereocenters. The fourth-order valence-electron chi connectivity index (χ4n) is 1.45. The van der Waals surface area contributed by atoms with E-state index in [1.807, 2.05) is 12.1 Å². The molecular weight excluding hydrogens is 178 g/mol. The summed E-state index contributed by atoms with van der Waals surface area (Å²) in [7, 11) is 0. The molecule has 0 N–H and O–H groups in total. The van der Waals surface area contributed by atoms with Gasteiger partial charge in [0.1, 0.15) is 6.10 Å². The van der Waals surface area contributed by atoms with Crippen LogP contribution in [-0.2, 0) is 9.47 Å². The molecule has 0 unspecified atom stereocenters. The van der Waals surface area contributed by atoms with Crippen molar-refractivity contribution < 1.29 is 9.47 Å². The van der Waals surface area contributed by atoms with Crippen molar-refractivity contribution in [1.82, 2.24) is 0 Å². The van der Waals surface area contributed by atoms with Crippen molar-refractivity contribution in [3.05, 3.63) is 35.4 Å². The summed E-state index contributed by atoms with van der Waals surface area (Å²) in [6.45, 7) is 1.92. The van der Waals surface area contributed by atoms with E-state index in [4.69, 9.17) is 14.7 Å². The van der Waals surface area contributed by atoms with Crippen LogP contribution < -0.4 is 0 Å². The molecule has 0 aliphatic carbocycles. The Labute approximate surface area is 82.9 Å². The Morgan fingerprint density at radius 1 is 1.21 bits per heavy atom. The third-order valence-electron chi connectivity index (χ3n) is 2.23. The maximum atomic E-state index is 8.63. The Kier molecular flexibility index (Phi) is 2.78. The van der Waals surface area contributed by atoms with Gasteiger partial charge in [0, 0.05) is 0 Å². The fraction of sp³-hybridized carbons (Fsp3) is 0.364. The van der Waals surface area contributed by atoms with Crippen LogP contribution in [0, 0.1) is 11.3 Å². The first kappa shape index (κ1) is 9.20. The van der Waals surface area contributed by atoms with Crippen molar-refractivity contribution in [2.24, 2.45) is 0 Å². The highest BCUT2D eigenvalue weighted by Crippen LogP contribution is 2.20. The third kappa shape index (κ3) is 1.92. The molecule has 3 heteroatoms. The highest BCUT2D eigenvalue weighted by Gasteiger charge is 2.15. The molecule has 1 aromatic rings. The predicted octanol–water partition coefficient (Wildman–Crippen LogP) is 1.65. The summed E-state index contributed by atoms with van der Waals surface area (Å²) < 4.78 is 10.8. The molecule has 2 rings (SSSR count). The maximum Gasteiger partial charge on any atom is 0.106 e. The first-order chi connectivity index (χ1) is 6.90. The SMILES string of the molecule is N#Cc1ccc([C@@H]2COCCO2)cc1. The predicted molar refractivity (Wildman–Crippen MR) is 50.7 cm³/mol. The maximum absolute atomic E-state index is 8.63. The van der Waals surface area contributed by atoms with Crippen molar-refractivity contribution in [3.8, 4) is 6.07 Å². The second-order valence-electron chi connectivity index (χ2n) is 3.17. The van der Waals surface area contributed by atoms with Crippen molar-refractivity contribution in [3.63, 3.8) is 0 Å². The number of hydrogen-bond acceptors (Lipinski definition) is 3. The smallest absolute Gasteiger partial charge is 0.106 e. The Hall–Kier alpha value is -1.37. The van der Waals surface area contributed by atoms with Crippen LogP contribution in [0.15, 0.2) is 24.3 Å². The number of ether oxygens (including phenoxy) is 2. The number of benzene rings is 1. The molecular formula is C11H11NO2. The molecule has 0 radical (unpaired) electrons. The van der Waals surface area contributed by atoms with Crippen LogP contribution in [0.4, 0.5) is 0 Å². The zero-order valence-electron chi connectivity index (χ0n) is 7.77. The van der Waals surface area contributed by atoms with Gasteiger partial charge >= 0.3 is 0 Å². The summed E-state index contributed by atoms with van der Waals surface area (Å²) in [4.78, 5) is 0. The van der Waals surface area contributed by atoms with Gasteiger partial charge < -0.3 is 9.47 Å². The molecule has 1 aromatic carbocycles. The monoisotopic (exact) mass is 189 g/mol. The third-order valence-corrected chi connectivity index (χ3v) is 2.23. The summed E-state index contributed by atoms with van der Waals surface area (Å²) in [5.74, 6) is 0. The highest BCUT2D eigenvalue weighted by molar-refractivity contribution is 5.32. The molecule has 0 saturated carbocycles. The number of nitriles is 1. The van der Waals surface area contributed by atoms with Gasteiger partial charge in [-0.1, -0.05) is 12.1 Å². The molecule has 0 amide bonds. The van der Waals surface area contributed by atoms with Crippen molar-refractivity contribution >= 4 is 0 Å². The van der Waals surface area contributed by atoms with Crippen molar-refractivity contribution in [1.29, 1.82) is 5.26 Å². The van der Waals surface area contributed by atoms with Gasteiger partial charge in [0.15, 0.2) is 0 Å². The van der Waals surface area contributed by atoms with E-state index >= 15 is 0 Å². The molecule has 1 aliphatic heterocycles. The largest absolute Gasteiger partial charge is 0.376 e.